The van der Waals surface area contributed by atoms with E-state index in [-0.39, 0.29) is 11.6 Å². The van der Waals surface area contributed by atoms with Crippen molar-refractivity contribution in [1.82, 2.24) is 4.90 Å². The fraction of sp³-hybridized carbons (Fsp3) is 0.125. The van der Waals surface area contributed by atoms with Crippen molar-refractivity contribution in [3.63, 3.8) is 0 Å². The number of aliphatic imine (C=N–C) groups is 1. The number of nitro groups is 1. The van der Waals surface area contributed by atoms with Crippen molar-refractivity contribution in [2.24, 2.45) is 4.99 Å². The average Bonchev–Trinajstić information content (AvgIpc) is 3.43. The smallest absolute Gasteiger partial charge is 0.337 e. The van der Waals surface area contributed by atoms with Gasteiger partial charge in [-0.3, -0.25) is 19.8 Å². The first kappa shape index (κ1) is 24.2. The van der Waals surface area contributed by atoms with Crippen LogP contribution in [-0.4, -0.2) is 40.5 Å². The van der Waals surface area contributed by atoms with Crippen LogP contribution in [0.4, 0.5) is 11.4 Å². The quantitative estimate of drug-likeness (QED) is 0.174. The Morgan fingerprint density at radius 1 is 1.26 bits per heavy atom. The zero-order valence-corrected chi connectivity index (χ0v) is 20.1. The Hall–Kier alpha value is -3.89. The van der Waals surface area contributed by atoms with E-state index < -0.39 is 10.9 Å². The van der Waals surface area contributed by atoms with Crippen molar-refractivity contribution in [1.29, 1.82) is 0 Å². The molecule has 2 heterocycles. The first-order valence-electron chi connectivity index (χ1n) is 10.3. The third-order valence-electron chi connectivity index (χ3n) is 5.02. The van der Waals surface area contributed by atoms with Crippen LogP contribution < -0.4 is 0 Å². The normalized spacial score (nSPS) is 15.7. The molecule has 0 unspecified atom stereocenters. The topological polar surface area (TPSA) is 115 Å². The van der Waals surface area contributed by atoms with Crippen LogP contribution in [0, 0.1) is 10.1 Å². The molecule has 0 N–H and O–H groups in total. The molecule has 9 nitrogen and oxygen atoms in total. The summed E-state index contributed by atoms with van der Waals surface area (Å²) in [7, 11) is 1.30. The number of carbonyl (C=O) groups is 2. The lowest BCUT2D eigenvalue weighted by molar-refractivity contribution is -0.384. The maximum Gasteiger partial charge on any atom is 0.337 e. The number of benzene rings is 2. The van der Waals surface area contributed by atoms with Crippen molar-refractivity contribution in [2.75, 3.05) is 13.7 Å². The number of rotatable bonds is 6. The molecule has 0 radical (unpaired) electrons. The van der Waals surface area contributed by atoms with Crippen LogP contribution in [-0.2, 0) is 9.53 Å². The second kappa shape index (κ2) is 10.2. The molecular weight excluding hydrogens is 494 g/mol. The molecule has 2 aromatic carbocycles. The van der Waals surface area contributed by atoms with Crippen molar-refractivity contribution in [2.45, 2.75) is 6.92 Å². The molecule has 1 saturated heterocycles. The van der Waals surface area contributed by atoms with Gasteiger partial charge in [0.2, 0.25) is 0 Å². The summed E-state index contributed by atoms with van der Waals surface area (Å²) in [4.78, 5) is 41.8. The minimum absolute atomic E-state index is 0.113. The molecule has 1 aromatic heterocycles. The highest BCUT2D eigenvalue weighted by Gasteiger charge is 2.32. The molecule has 1 amide bonds. The fourth-order valence-corrected chi connectivity index (χ4v) is 4.57. The summed E-state index contributed by atoms with van der Waals surface area (Å²) in [5.74, 6) is -0.00964. The molecule has 1 fully saturated rings. The molecule has 35 heavy (non-hydrogen) atoms. The van der Waals surface area contributed by atoms with Gasteiger partial charge in [0.05, 0.1) is 33.2 Å². The second-order valence-corrected chi connectivity index (χ2v) is 8.64. The van der Waals surface area contributed by atoms with E-state index in [1.54, 1.807) is 42.5 Å². The summed E-state index contributed by atoms with van der Waals surface area (Å²) in [6.45, 7) is 2.22. The number of nitrogens with zero attached hydrogens (tertiary/aromatic N) is 3. The van der Waals surface area contributed by atoms with Crippen LogP contribution >= 0.6 is 23.4 Å². The summed E-state index contributed by atoms with van der Waals surface area (Å²) in [5.41, 5.74) is 1.12. The minimum atomic E-state index is -0.513. The number of hydrogen-bond acceptors (Lipinski definition) is 8. The predicted octanol–water partition coefficient (Wildman–Crippen LogP) is 5.92. The predicted molar refractivity (Wildman–Crippen MR) is 134 cm³/mol. The van der Waals surface area contributed by atoms with E-state index in [1.165, 1.54) is 42.0 Å². The van der Waals surface area contributed by atoms with Crippen molar-refractivity contribution >= 4 is 57.9 Å². The van der Waals surface area contributed by atoms with E-state index >= 15 is 0 Å². The first-order chi connectivity index (χ1) is 16.8. The van der Waals surface area contributed by atoms with E-state index in [4.69, 9.17) is 20.8 Å². The first-order valence-corrected chi connectivity index (χ1v) is 11.5. The van der Waals surface area contributed by atoms with E-state index in [0.29, 0.717) is 50.0 Å². The zero-order valence-electron chi connectivity index (χ0n) is 18.6. The third kappa shape index (κ3) is 5.13. The maximum absolute atomic E-state index is 13.0. The van der Waals surface area contributed by atoms with Gasteiger partial charge in [-0.2, -0.15) is 0 Å². The van der Waals surface area contributed by atoms with Gasteiger partial charge in [0.1, 0.15) is 11.5 Å². The molecule has 11 heteroatoms. The van der Waals surface area contributed by atoms with Crippen molar-refractivity contribution in [3.05, 3.63) is 86.0 Å². The van der Waals surface area contributed by atoms with Gasteiger partial charge in [-0.15, -0.1) is 0 Å². The number of ether oxygens (including phenoxy) is 1. The summed E-state index contributed by atoms with van der Waals surface area (Å²) < 4.78 is 10.6. The van der Waals surface area contributed by atoms with Crippen LogP contribution in [0.25, 0.3) is 17.4 Å². The van der Waals surface area contributed by atoms with E-state index in [2.05, 4.69) is 4.99 Å². The molecule has 0 spiro atoms. The number of furan rings is 1. The Kier molecular flexibility index (Phi) is 7.04. The van der Waals surface area contributed by atoms with Crippen LogP contribution in [0.5, 0.6) is 0 Å². The Balaban J connectivity index is 1.63. The average molecular weight is 512 g/mol. The van der Waals surface area contributed by atoms with E-state index in [9.17, 15) is 19.7 Å². The SMILES string of the molecule is CCN1C(=O)C(=Cc2ccc(-c3cc([N+](=O)[O-])ccc3Cl)o2)SC1=Nc1cccc(C(=O)OC)c1. The highest BCUT2D eigenvalue weighted by Crippen LogP contribution is 2.36. The monoisotopic (exact) mass is 511 g/mol. The zero-order chi connectivity index (χ0) is 25.1. The number of methoxy groups -OCH3 is 1. The number of halogens is 1. The van der Waals surface area contributed by atoms with Crippen LogP contribution in [0.2, 0.25) is 5.02 Å². The number of esters is 1. The number of non-ortho nitro benzene ring substituents is 1. The Labute approximate surface area is 209 Å². The van der Waals surface area contributed by atoms with Crippen LogP contribution in [0.1, 0.15) is 23.0 Å². The Morgan fingerprint density at radius 2 is 2.06 bits per heavy atom. The maximum atomic E-state index is 13.0. The summed E-state index contributed by atoms with van der Waals surface area (Å²) in [6, 6.07) is 14.0. The van der Waals surface area contributed by atoms with E-state index in [1.807, 2.05) is 6.92 Å². The second-order valence-electron chi connectivity index (χ2n) is 7.22. The van der Waals surface area contributed by atoms with Crippen molar-refractivity contribution < 1.29 is 23.7 Å². The van der Waals surface area contributed by atoms with Gasteiger partial charge in [0, 0.05) is 30.3 Å². The summed E-state index contributed by atoms with van der Waals surface area (Å²) in [5, 5.41) is 11.9. The van der Waals surface area contributed by atoms with Crippen molar-refractivity contribution in [3.8, 4) is 11.3 Å². The summed E-state index contributed by atoms with van der Waals surface area (Å²) >= 11 is 7.38. The lowest BCUT2D eigenvalue weighted by Gasteiger charge is -2.12. The molecule has 4 rings (SSSR count). The number of amidine groups is 1. The molecule has 0 bridgehead atoms. The lowest BCUT2D eigenvalue weighted by atomic mass is 10.1. The highest BCUT2D eigenvalue weighted by atomic mass is 35.5. The molecule has 0 saturated carbocycles. The molecule has 0 aliphatic carbocycles. The van der Waals surface area contributed by atoms with Crippen LogP contribution in [0.15, 0.2) is 68.9 Å². The molecule has 1 aliphatic rings. The van der Waals surface area contributed by atoms with Gasteiger partial charge in [-0.05, 0) is 55.1 Å². The van der Waals surface area contributed by atoms with Crippen LogP contribution in [0.3, 0.4) is 0 Å². The number of likely N-dealkylation sites (N-methyl/N-ethyl adjacent to an activating group) is 1. The third-order valence-corrected chi connectivity index (χ3v) is 6.36. The Morgan fingerprint density at radius 3 is 2.77 bits per heavy atom. The van der Waals surface area contributed by atoms with E-state index in [0.717, 1.165) is 0 Å². The number of carbonyl (C=O) groups excluding carboxylic acids is 2. The lowest BCUT2D eigenvalue weighted by Crippen LogP contribution is -2.28. The van der Waals surface area contributed by atoms with Gasteiger partial charge < -0.3 is 9.15 Å². The standard InChI is InChI=1S/C24H18ClN3O6S/c1-3-27-22(29)21(35-24(27)26-15-6-4-5-14(11-15)23(30)33-2)13-17-8-10-20(34-17)18-12-16(28(31)32)7-9-19(18)25/h4-13H,3H2,1-2H3. The molecule has 178 valence electrons. The van der Waals surface area contributed by atoms with Gasteiger partial charge >= 0.3 is 5.97 Å². The van der Waals surface area contributed by atoms with Gasteiger partial charge in [0.15, 0.2) is 5.17 Å². The number of hydrogen-bond donors (Lipinski definition) is 0. The molecule has 0 atom stereocenters. The van der Waals surface area contributed by atoms with Gasteiger partial charge in [-0.1, -0.05) is 17.7 Å². The Bertz CT molecular complexity index is 1400. The number of thioether (sulfide) groups is 1. The van der Waals surface area contributed by atoms with Gasteiger partial charge in [-0.25, -0.2) is 9.79 Å². The summed E-state index contributed by atoms with van der Waals surface area (Å²) in [6.07, 6.45) is 1.58. The molecular formula is C24H18ClN3O6S. The number of nitro benzene ring substituents is 1. The fourth-order valence-electron chi connectivity index (χ4n) is 3.32. The molecule has 3 aromatic rings. The largest absolute Gasteiger partial charge is 0.465 e. The molecule has 1 aliphatic heterocycles. The number of amides is 1. The highest BCUT2D eigenvalue weighted by molar-refractivity contribution is 8.18. The minimum Gasteiger partial charge on any atom is -0.465 e. The van der Waals surface area contributed by atoms with Gasteiger partial charge in [0.25, 0.3) is 11.6 Å².